The van der Waals surface area contributed by atoms with Crippen LogP contribution in [0.4, 0.5) is 0 Å². The van der Waals surface area contributed by atoms with Crippen molar-refractivity contribution in [2.45, 2.75) is 37.9 Å². The van der Waals surface area contributed by atoms with Gasteiger partial charge in [0.2, 0.25) is 10.0 Å². The van der Waals surface area contributed by atoms with Crippen molar-refractivity contribution < 1.29 is 8.42 Å². The first-order valence-corrected chi connectivity index (χ1v) is 10.8. The Balaban J connectivity index is 1.95. The van der Waals surface area contributed by atoms with E-state index in [9.17, 15) is 8.42 Å². The summed E-state index contributed by atoms with van der Waals surface area (Å²) < 4.78 is 26.4. The summed E-state index contributed by atoms with van der Waals surface area (Å²) in [6.45, 7) is 4.76. The van der Waals surface area contributed by atoms with Crippen molar-refractivity contribution in [1.29, 1.82) is 0 Å². The smallest absolute Gasteiger partial charge is 0.243 e. The van der Waals surface area contributed by atoms with Crippen LogP contribution in [0, 0.1) is 0 Å². The van der Waals surface area contributed by atoms with Crippen molar-refractivity contribution in [2.75, 3.05) is 14.1 Å². The first-order valence-electron chi connectivity index (χ1n) is 9.00. The van der Waals surface area contributed by atoms with Gasteiger partial charge in [0.1, 0.15) is 0 Å². The van der Waals surface area contributed by atoms with Crippen LogP contribution in [0.2, 0.25) is 5.02 Å². The Morgan fingerprint density at radius 1 is 1.07 bits per heavy atom. The van der Waals surface area contributed by atoms with Gasteiger partial charge in [-0.15, -0.1) is 0 Å². The van der Waals surface area contributed by atoms with E-state index in [2.05, 4.69) is 15.6 Å². The van der Waals surface area contributed by atoms with E-state index < -0.39 is 10.0 Å². The molecule has 0 aliphatic heterocycles. The highest BCUT2D eigenvalue weighted by atomic mass is 35.5. The molecule has 0 fully saturated rings. The minimum Gasteiger partial charge on any atom is -0.352 e. The van der Waals surface area contributed by atoms with Gasteiger partial charge in [0.25, 0.3) is 0 Å². The molecular formula is C20H27ClN4O2S. The second-order valence-corrected chi connectivity index (χ2v) is 9.03. The highest BCUT2D eigenvalue weighted by molar-refractivity contribution is 7.89. The number of sulfonamides is 1. The van der Waals surface area contributed by atoms with Crippen LogP contribution >= 0.6 is 11.6 Å². The number of benzene rings is 2. The standard InChI is InChI=1S/C20H27ClN4O2S/c1-15(2)25(4)28(26,27)18-11-9-16(10-12-18)13-23-20(22-3)24-14-17-7-5-6-8-19(17)21/h5-12,15H,13-14H2,1-4H3,(H2,22,23,24). The van der Waals surface area contributed by atoms with Gasteiger partial charge in [0, 0.05) is 38.2 Å². The first-order chi connectivity index (χ1) is 13.3. The van der Waals surface area contributed by atoms with E-state index in [-0.39, 0.29) is 10.9 Å². The molecule has 2 aromatic rings. The van der Waals surface area contributed by atoms with Crippen molar-refractivity contribution >= 4 is 27.6 Å². The Kier molecular flexibility index (Phi) is 7.86. The molecule has 0 aromatic heterocycles. The van der Waals surface area contributed by atoms with Crippen molar-refractivity contribution in [3.05, 3.63) is 64.7 Å². The second-order valence-electron chi connectivity index (χ2n) is 6.63. The van der Waals surface area contributed by atoms with Gasteiger partial charge in [-0.3, -0.25) is 4.99 Å². The average Bonchev–Trinajstić information content (AvgIpc) is 2.69. The fraction of sp³-hybridized carbons (Fsp3) is 0.350. The average molecular weight is 423 g/mol. The summed E-state index contributed by atoms with van der Waals surface area (Å²) in [5.74, 6) is 0.635. The molecule has 0 amide bonds. The molecule has 6 nitrogen and oxygen atoms in total. The molecule has 2 N–H and O–H groups in total. The van der Waals surface area contributed by atoms with Gasteiger partial charge in [-0.2, -0.15) is 4.31 Å². The van der Waals surface area contributed by atoms with Crippen LogP contribution in [0.15, 0.2) is 58.4 Å². The maximum Gasteiger partial charge on any atom is 0.243 e. The summed E-state index contributed by atoms with van der Waals surface area (Å²) in [7, 11) is -0.189. The van der Waals surface area contributed by atoms with Gasteiger partial charge >= 0.3 is 0 Å². The normalized spacial score (nSPS) is 12.5. The lowest BCUT2D eigenvalue weighted by atomic mass is 10.2. The van der Waals surface area contributed by atoms with E-state index in [0.717, 1.165) is 11.1 Å². The molecule has 2 rings (SSSR count). The minimum atomic E-state index is -3.47. The molecule has 0 aliphatic rings. The van der Waals surface area contributed by atoms with E-state index >= 15 is 0 Å². The Labute approximate surface area is 172 Å². The number of nitrogens with zero attached hydrogens (tertiary/aromatic N) is 2. The van der Waals surface area contributed by atoms with Gasteiger partial charge in [-0.25, -0.2) is 8.42 Å². The monoisotopic (exact) mass is 422 g/mol. The summed E-state index contributed by atoms with van der Waals surface area (Å²) >= 11 is 6.16. The summed E-state index contributed by atoms with van der Waals surface area (Å²) in [6.07, 6.45) is 0. The van der Waals surface area contributed by atoms with Crippen LogP contribution in [0.3, 0.4) is 0 Å². The van der Waals surface area contributed by atoms with Crippen molar-refractivity contribution in [2.24, 2.45) is 4.99 Å². The highest BCUT2D eigenvalue weighted by Gasteiger charge is 2.22. The lowest BCUT2D eigenvalue weighted by Gasteiger charge is -2.21. The second kappa shape index (κ2) is 9.91. The lowest BCUT2D eigenvalue weighted by Crippen LogP contribution is -2.36. The zero-order valence-electron chi connectivity index (χ0n) is 16.6. The fourth-order valence-corrected chi connectivity index (χ4v) is 4.02. The summed E-state index contributed by atoms with van der Waals surface area (Å²) in [5.41, 5.74) is 1.93. The molecule has 0 atom stereocenters. The van der Waals surface area contributed by atoms with E-state index in [1.807, 2.05) is 38.1 Å². The zero-order valence-corrected chi connectivity index (χ0v) is 18.2. The molecule has 28 heavy (non-hydrogen) atoms. The summed E-state index contributed by atoms with van der Waals surface area (Å²) in [5, 5.41) is 7.12. The van der Waals surface area contributed by atoms with E-state index in [4.69, 9.17) is 11.6 Å². The molecule has 0 aliphatic carbocycles. The Morgan fingerprint density at radius 3 is 2.25 bits per heavy atom. The zero-order chi connectivity index (χ0) is 20.7. The molecular weight excluding hydrogens is 396 g/mol. The lowest BCUT2D eigenvalue weighted by molar-refractivity contribution is 0.410. The van der Waals surface area contributed by atoms with Gasteiger partial charge in [0.15, 0.2) is 5.96 Å². The fourth-order valence-electron chi connectivity index (χ4n) is 2.45. The number of nitrogens with one attached hydrogen (secondary N) is 2. The van der Waals surface area contributed by atoms with Gasteiger partial charge < -0.3 is 10.6 Å². The van der Waals surface area contributed by atoms with Gasteiger partial charge in [-0.1, -0.05) is 41.9 Å². The number of aliphatic imine (C=N–C) groups is 1. The molecule has 0 unspecified atom stereocenters. The predicted octanol–water partition coefficient (Wildman–Crippen LogP) is 3.23. The van der Waals surface area contributed by atoms with E-state index in [1.165, 1.54) is 4.31 Å². The van der Waals surface area contributed by atoms with Crippen LogP contribution in [-0.2, 0) is 23.1 Å². The van der Waals surface area contributed by atoms with Crippen molar-refractivity contribution in [3.63, 3.8) is 0 Å². The minimum absolute atomic E-state index is 0.0983. The first kappa shape index (κ1) is 22.2. The third-order valence-electron chi connectivity index (χ3n) is 4.42. The molecule has 0 heterocycles. The number of rotatable bonds is 7. The predicted molar refractivity (Wildman–Crippen MR) is 115 cm³/mol. The van der Waals surface area contributed by atoms with Crippen LogP contribution in [0.25, 0.3) is 0 Å². The number of hydrogen-bond acceptors (Lipinski definition) is 3. The maximum absolute atomic E-state index is 12.5. The molecule has 0 radical (unpaired) electrons. The molecule has 0 spiro atoms. The van der Waals surface area contributed by atoms with Crippen LogP contribution in [-0.4, -0.2) is 38.8 Å². The van der Waals surface area contributed by atoms with Crippen LogP contribution in [0.1, 0.15) is 25.0 Å². The van der Waals surface area contributed by atoms with E-state index in [1.54, 1.807) is 38.4 Å². The van der Waals surface area contributed by atoms with Crippen molar-refractivity contribution in [3.8, 4) is 0 Å². The summed E-state index contributed by atoms with van der Waals surface area (Å²) in [4.78, 5) is 4.48. The molecule has 0 saturated heterocycles. The number of halogens is 1. The molecule has 0 saturated carbocycles. The van der Waals surface area contributed by atoms with Crippen molar-refractivity contribution in [1.82, 2.24) is 14.9 Å². The summed E-state index contributed by atoms with van der Waals surface area (Å²) in [6, 6.07) is 14.4. The largest absolute Gasteiger partial charge is 0.352 e. The quantitative estimate of drug-likeness (QED) is 0.530. The molecule has 2 aromatic carbocycles. The number of guanidine groups is 1. The molecule has 8 heteroatoms. The Hall–Kier alpha value is -2.09. The Bertz CT molecular complexity index is 912. The topological polar surface area (TPSA) is 73.8 Å². The van der Waals surface area contributed by atoms with Gasteiger partial charge in [0.05, 0.1) is 4.90 Å². The highest BCUT2D eigenvalue weighted by Crippen LogP contribution is 2.17. The SMILES string of the molecule is CN=C(NCc1ccc(S(=O)(=O)N(C)C(C)C)cc1)NCc1ccccc1Cl. The molecule has 0 bridgehead atoms. The van der Waals surface area contributed by atoms with Crippen LogP contribution < -0.4 is 10.6 Å². The Morgan fingerprint density at radius 2 is 1.68 bits per heavy atom. The third kappa shape index (κ3) is 5.70. The third-order valence-corrected chi connectivity index (χ3v) is 6.83. The molecule has 152 valence electrons. The van der Waals surface area contributed by atoms with E-state index in [0.29, 0.717) is 24.1 Å². The van der Waals surface area contributed by atoms with Gasteiger partial charge in [-0.05, 0) is 43.2 Å². The maximum atomic E-state index is 12.5. The van der Waals surface area contributed by atoms with Crippen LogP contribution in [0.5, 0.6) is 0 Å². The number of hydrogen-bond donors (Lipinski definition) is 2.